The zero-order valence-electron chi connectivity index (χ0n) is 12.9. The number of hydrogen-bond donors (Lipinski definition) is 2. The maximum atomic E-state index is 12.4. The summed E-state index contributed by atoms with van der Waals surface area (Å²) in [4.78, 5) is 27.2. The summed E-state index contributed by atoms with van der Waals surface area (Å²) < 4.78 is 1.21. The van der Waals surface area contributed by atoms with Gasteiger partial charge in [-0.25, -0.2) is 14.5 Å². The van der Waals surface area contributed by atoms with Crippen molar-refractivity contribution < 1.29 is 9.90 Å². The molecule has 0 saturated heterocycles. The van der Waals surface area contributed by atoms with Crippen molar-refractivity contribution in [2.24, 2.45) is 0 Å². The van der Waals surface area contributed by atoms with Crippen LogP contribution in [0.15, 0.2) is 59.7 Å². The van der Waals surface area contributed by atoms with Crippen molar-refractivity contribution in [3.05, 3.63) is 76.4 Å². The lowest BCUT2D eigenvalue weighted by atomic mass is 10.1. The monoisotopic (exact) mass is 322 g/mol. The third-order valence-corrected chi connectivity index (χ3v) is 3.28. The van der Waals surface area contributed by atoms with Gasteiger partial charge in [-0.05, 0) is 30.7 Å². The number of carboxylic acid groups (broad SMARTS) is 1. The van der Waals surface area contributed by atoms with Gasteiger partial charge in [0.2, 0.25) is 0 Å². The molecule has 0 spiro atoms. The summed E-state index contributed by atoms with van der Waals surface area (Å²) in [6.45, 7) is 5.26. The number of rotatable bonds is 5. The van der Waals surface area contributed by atoms with Crippen LogP contribution in [0.2, 0.25) is 0 Å². The van der Waals surface area contributed by atoms with Gasteiger partial charge < -0.3 is 5.11 Å². The average Bonchev–Trinajstić information content (AvgIpc) is 2.97. The Hall–Kier alpha value is -3.66. The number of nitrogens with one attached hydrogen (secondary N) is 1. The van der Waals surface area contributed by atoms with Gasteiger partial charge in [-0.3, -0.25) is 9.89 Å². The fraction of sp³-hybridized carbons (Fsp3) is 0.0588. The molecule has 0 radical (unpaired) electrons. The molecule has 0 unspecified atom stereocenters. The van der Waals surface area contributed by atoms with Crippen LogP contribution >= 0.6 is 0 Å². The van der Waals surface area contributed by atoms with Crippen molar-refractivity contribution in [1.82, 2.24) is 14.8 Å². The minimum Gasteiger partial charge on any atom is -0.478 e. The van der Waals surface area contributed by atoms with E-state index in [1.165, 1.54) is 35.3 Å². The molecule has 2 heterocycles. The van der Waals surface area contributed by atoms with Gasteiger partial charge in [0.25, 0.3) is 5.56 Å². The Bertz CT molecular complexity index is 937. The summed E-state index contributed by atoms with van der Waals surface area (Å²) in [5.74, 6) is -0.807. The molecule has 24 heavy (non-hydrogen) atoms. The number of nitriles is 1. The van der Waals surface area contributed by atoms with Gasteiger partial charge in [-0.2, -0.15) is 5.26 Å². The number of nitrogens with zero attached hydrogens (tertiary/aromatic N) is 3. The molecule has 120 valence electrons. The Balaban J connectivity index is 2.38. The molecule has 2 aromatic rings. The summed E-state index contributed by atoms with van der Waals surface area (Å²) in [6, 6.07) is 4.78. The highest BCUT2D eigenvalue weighted by Gasteiger charge is 2.11. The molecule has 0 saturated carbocycles. The highest BCUT2D eigenvalue weighted by atomic mass is 16.4. The van der Waals surface area contributed by atoms with Gasteiger partial charge in [-0.15, -0.1) is 0 Å². The maximum Gasteiger partial charge on any atom is 0.337 e. The Labute approximate surface area is 137 Å². The second-order valence-electron chi connectivity index (χ2n) is 4.83. The van der Waals surface area contributed by atoms with Crippen molar-refractivity contribution in [1.29, 1.82) is 5.26 Å². The Morgan fingerprint density at radius 1 is 1.46 bits per heavy atom. The molecular weight excluding hydrogens is 308 g/mol. The highest BCUT2D eigenvalue weighted by molar-refractivity contribution is 5.87. The molecule has 0 fully saturated rings. The topological polar surface area (TPSA) is 112 Å². The minimum absolute atomic E-state index is 0.0354. The second-order valence-corrected chi connectivity index (χ2v) is 4.83. The molecule has 7 heteroatoms. The largest absolute Gasteiger partial charge is 0.478 e. The first-order chi connectivity index (χ1) is 11.5. The van der Waals surface area contributed by atoms with E-state index in [0.717, 1.165) is 0 Å². The number of pyridine rings is 1. The van der Waals surface area contributed by atoms with E-state index in [4.69, 9.17) is 10.4 Å². The fourth-order valence-electron chi connectivity index (χ4n) is 1.92. The molecule has 0 aliphatic rings. The molecular formula is C17H14N4O3. The van der Waals surface area contributed by atoms with Gasteiger partial charge in [-0.1, -0.05) is 18.7 Å². The van der Waals surface area contributed by atoms with E-state index in [0.29, 0.717) is 16.7 Å². The fourth-order valence-corrected chi connectivity index (χ4v) is 1.92. The number of carbonyl (C=O) groups is 1. The lowest BCUT2D eigenvalue weighted by Gasteiger charge is -2.00. The molecule has 2 rings (SSSR count). The second kappa shape index (κ2) is 7.07. The van der Waals surface area contributed by atoms with Crippen LogP contribution in [-0.4, -0.2) is 25.8 Å². The van der Waals surface area contributed by atoms with Crippen molar-refractivity contribution in [3.8, 4) is 11.9 Å². The smallest absolute Gasteiger partial charge is 0.337 e. The van der Waals surface area contributed by atoms with Crippen molar-refractivity contribution in [2.75, 3.05) is 0 Å². The van der Waals surface area contributed by atoms with Crippen LogP contribution in [0.5, 0.6) is 0 Å². The van der Waals surface area contributed by atoms with Gasteiger partial charge in [0.05, 0.1) is 22.8 Å². The first-order valence-electron chi connectivity index (χ1n) is 6.89. The lowest BCUT2D eigenvalue weighted by molar-refractivity contribution is 0.0696. The van der Waals surface area contributed by atoms with Gasteiger partial charge >= 0.3 is 5.97 Å². The zero-order chi connectivity index (χ0) is 17.7. The van der Waals surface area contributed by atoms with Crippen LogP contribution in [0.25, 0.3) is 11.4 Å². The van der Waals surface area contributed by atoms with Gasteiger partial charge in [0.1, 0.15) is 0 Å². The molecule has 0 atom stereocenters. The van der Waals surface area contributed by atoms with E-state index in [-0.39, 0.29) is 16.9 Å². The number of aromatic carboxylic acids is 1. The quantitative estimate of drug-likeness (QED) is 0.648. The van der Waals surface area contributed by atoms with Gasteiger partial charge in [0, 0.05) is 12.4 Å². The molecule has 2 aromatic heterocycles. The Morgan fingerprint density at radius 2 is 2.21 bits per heavy atom. The summed E-state index contributed by atoms with van der Waals surface area (Å²) in [6.07, 6.45) is 7.34. The molecule has 0 aliphatic heterocycles. The zero-order valence-corrected chi connectivity index (χ0v) is 12.9. The summed E-state index contributed by atoms with van der Waals surface area (Å²) in [7, 11) is 0. The number of H-pyrrole nitrogens is 1. The van der Waals surface area contributed by atoms with E-state index < -0.39 is 5.97 Å². The van der Waals surface area contributed by atoms with E-state index in [1.807, 2.05) is 6.07 Å². The molecule has 7 nitrogen and oxygen atoms in total. The predicted molar refractivity (Wildman–Crippen MR) is 88.7 cm³/mol. The summed E-state index contributed by atoms with van der Waals surface area (Å²) in [5.41, 5.74) is 1.16. The number of aromatic nitrogens is 3. The highest BCUT2D eigenvalue weighted by Crippen LogP contribution is 2.11. The number of carboxylic acids is 1. The van der Waals surface area contributed by atoms with E-state index in [1.54, 1.807) is 19.1 Å². The Morgan fingerprint density at radius 3 is 2.75 bits per heavy atom. The molecule has 2 N–H and O–H groups in total. The van der Waals surface area contributed by atoms with E-state index in [9.17, 15) is 9.59 Å². The average molecular weight is 322 g/mol. The minimum atomic E-state index is -1.09. The SMILES string of the molecule is C=C/C(C#N)=C\C=C(/C)c1c[nH]n(-c2ccc(C(=O)O)cn2)c1=O. The summed E-state index contributed by atoms with van der Waals surface area (Å²) in [5, 5.41) is 20.5. The van der Waals surface area contributed by atoms with Crippen LogP contribution in [-0.2, 0) is 0 Å². The van der Waals surface area contributed by atoms with Crippen molar-refractivity contribution in [2.45, 2.75) is 6.92 Å². The number of aromatic amines is 1. The predicted octanol–water partition coefficient (Wildman–Crippen LogP) is 2.30. The van der Waals surface area contributed by atoms with E-state index in [2.05, 4.69) is 16.7 Å². The summed E-state index contributed by atoms with van der Waals surface area (Å²) >= 11 is 0. The molecule has 0 amide bonds. The standard InChI is InChI=1S/C17H14N4O3/c1-3-12(8-18)5-4-11(2)14-10-20-21(16(14)22)15-7-6-13(9-19-15)17(23)24/h3-7,9-10,20H,1H2,2H3,(H,23,24)/b11-4+,12-5+. The van der Waals surface area contributed by atoms with E-state index >= 15 is 0 Å². The maximum absolute atomic E-state index is 12.4. The molecule has 0 aliphatic carbocycles. The first kappa shape index (κ1) is 16.7. The third-order valence-electron chi connectivity index (χ3n) is 3.28. The normalized spacial score (nSPS) is 11.8. The Kier molecular flexibility index (Phi) is 4.92. The molecule has 0 aromatic carbocycles. The van der Waals surface area contributed by atoms with Crippen molar-refractivity contribution in [3.63, 3.8) is 0 Å². The number of hydrogen-bond acceptors (Lipinski definition) is 4. The van der Waals surface area contributed by atoms with Crippen LogP contribution < -0.4 is 5.56 Å². The van der Waals surface area contributed by atoms with Gasteiger partial charge in [0.15, 0.2) is 5.82 Å². The van der Waals surface area contributed by atoms with Crippen LogP contribution in [0.1, 0.15) is 22.8 Å². The number of allylic oxidation sites excluding steroid dienone is 5. The third kappa shape index (κ3) is 3.39. The van der Waals surface area contributed by atoms with Crippen LogP contribution in [0.4, 0.5) is 0 Å². The van der Waals surface area contributed by atoms with Crippen molar-refractivity contribution >= 4 is 11.5 Å². The van der Waals surface area contributed by atoms with Crippen LogP contribution in [0.3, 0.4) is 0 Å². The molecule has 0 bridgehead atoms. The lowest BCUT2D eigenvalue weighted by Crippen LogP contribution is -2.18. The first-order valence-corrected chi connectivity index (χ1v) is 6.89. The van der Waals surface area contributed by atoms with Crippen LogP contribution in [0, 0.1) is 11.3 Å².